The second-order valence-corrected chi connectivity index (χ2v) is 15.6. The summed E-state index contributed by atoms with van der Waals surface area (Å²) in [6, 6.07) is 76.6. The first-order valence-corrected chi connectivity index (χ1v) is 20.8. The van der Waals surface area contributed by atoms with Crippen molar-refractivity contribution in [2.24, 2.45) is 0 Å². The van der Waals surface area contributed by atoms with E-state index in [0.29, 0.717) is 17.5 Å². The summed E-state index contributed by atoms with van der Waals surface area (Å²) < 4.78 is 8.84. The maximum Gasteiger partial charge on any atom is 0.167 e. The van der Waals surface area contributed by atoms with Gasteiger partial charge in [-0.2, -0.15) is 0 Å². The Morgan fingerprint density at radius 2 is 0.823 bits per heavy atom. The van der Waals surface area contributed by atoms with Crippen molar-refractivity contribution < 1.29 is 4.42 Å². The molecule has 0 aliphatic rings. The largest absolute Gasteiger partial charge is 0.455 e. The average molecular weight is 793 g/mol. The molecule has 0 saturated carbocycles. The van der Waals surface area contributed by atoms with E-state index < -0.39 is 0 Å². The van der Waals surface area contributed by atoms with Crippen molar-refractivity contribution in [3.8, 4) is 73.2 Å². The van der Waals surface area contributed by atoms with Crippen molar-refractivity contribution in [1.29, 1.82) is 0 Å². The van der Waals surface area contributed by atoms with Gasteiger partial charge >= 0.3 is 0 Å². The topological polar surface area (TPSA) is 56.7 Å². The van der Waals surface area contributed by atoms with E-state index in [0.717, 1.165) is 66.5 Å². The highest BCUT2D eigenvalue weighted by Gasteiger charge is 2.19. The number of nitrogens with zero attached hydrogens (tertiary/aromatic N) is 4. The van der Waals surface area contributed by atoms with Crippen LogP contribution in [0.1, 0.15) is 0 Å². The molecule has 5 nitrogen and oxygen atoms in total. The quantitative estimate of drug-likeness (QED) is 0.161. The summed E-state index contributed by atoms with van der Waals surface area (Å²) in [4.78, 5) is 15.3. The molecule has 0 fully saturated rings. The van der Waals surface area contributed by atoms with Crippen molar-refractivity contribution in [3.05, 3.63) is 218 Å². The van der Waals surface area contributed by atoms with Crippen LogP contribution in [-0.2, 0) is 0 Å². The van der Waals surface area contributed by atoms with Gasteiger partial charge in [0, 0.05) is 38.4 Å². The molecule has 3 heterocycles. The number of furan rings is 1. The molecule has 12 aromatic rings. The van der Waals surface area contributed by atoms with Gasteiger partial charge in [0.15, 0.2) is 17.5 Å². The van der Waals surface area contributed by atoms with E-state index in [1.807, 2.05) is 60.7 Å². The van der Waals surface area contributed by atoms with Crippen LogP contribution in [-0.4, -0.2) is 19.5 Å². The lowest BCUT2D eigenvalue weighted by Gasteiger charge is -2.12. The van der Waals surface area contributed by atoms with Crippen LogP contribution in [0.4, 0.5) is 0 Å². The fourth-order valence-electron chi connectivity index (χ4n) is 8.86. The van der Waals surface area contributed by atoms with E-state index in [4.69, 9.17) is 19.4 Å². The van der Waals surface area contributed by atoms with Crippen LogP contribution in [0.5, 0.6) is 0 Å². The predicted molar refractivity (Wildman–Crippen MR) is 254 cm³/mol. The Balaban J connectivity index is 0.970. The van der Waals surface area contributed by atoms with Crippen LogP contribution in [0.25, 0.3) is 117 Å². The van der Waals surface area contributed by atoms with Gasteiger partial charge in [-0.05, 0) is 81.9 Å². The van der Waals surface area contributed by atoms with Gasteiger partial charge in [-0.25, -0.2) is 15.0 Å². The summed E-state index contributed by atoms with van der Waals surface area (Å²) in [6.45, 7) is 0. The SMILES string of the molecule is c1ccc(-c2cccc(-c3ccc4c5ccccc5n(-c5cccc(-c6cccc(-c7nc(-c8ccccc8)nc(-c8cccc9c8oc8ccccc89)n7)c6)c5)c4c3)c2)cc1. The van der Waals surface area contributed by atoms with Crippen LogP contribution >= 0.6 is 0 Å². The third kappa shape index (κ3) is 6.14. The Labute approximate surface area is 357 Å². The van der Waals surface area contributed by atoms with Crippen molar-refractivity contribution in [2.45, 2.75) is 0 Å². The van der Waals surface area contributed by atoms with Gasteiger partial charge in [0.2, 0.25) is 0 Å². The summed E-state index contributed by atoms with van der Waals surface area (Å²) in [5.74, 6) is 1.75. The molecule has 0 unspecified atom stereocenters. The van der Waals surface area contributed by atoms with E-state index in [9.17, 15) is 0 Å². The molecule has 62 heavy (non-hydrogen) atoms. The fourth-order valence-corrected chi connectivity index (χ4v) is 8.86. The summed E-state index contributed by atoms with van der Waals surface area (Å²) in [6.07, 6.45) is 0. The van der Waals surface area contributed by atoms with E-state index in [-0.39, 0.29) is 0 Å². The van der Waals surface area contributed by atoms with E-state index in [1.54, 1.807) is 0 Å². The Morgan fingerprint density at radius 3 is 1.61 bits per heavy atom. The monoisotopic (exact) mass is 792 g/mol. The highest BCUT2D eigenvalue weighted by Crippen LogP contribution is 2.39. The van der Waals surface area contributed by atoms with Gasteiger partial charge in [0.25, 0.3) is 0 Å². The van der Waals surface area contributed by atoms with Gasteiger partial charge in [0.05, 0.1) is 16.6 Å². The maximum atomic E-state index is 6.45. The molecule has 9 aromatic carbocycles. The molecule has 12 rings (SSSR count). The molecule has 0 atom stereocenters. The van der Waals surface area contributed by atoms with Gasteiger partial charge < -0.3 is 8.98 Å². The highest BCUT2D eigenvalue weighted by atomic mass is 16.3. The molecule has 3 aromatic heterocycles. The molecule has 0 N–H and O–H groups in total. The molecular weight excluding hydrogens is 757 g/mol. The second kappa shape index (κ2) is 14.7. The molecule has 5 heteroatoms. The minimum Gasteiger partial charge on any atom is -0.455 e. The Kier molecular flexibility index (Phi) is 8.42. The van der Waals surface area contributed by atoms with Crippen molar-refractivity contribution in [2.75, 3.05) is 0 Å². The molecule has 0 aliphatic carbocycles. The third-order valence-electron chi connectivity index (χ3n) is 11.8. The van der Waals surface area contributed by atoms with E-state index in [1.165, 1.54) is 33.0 Å². The van der Waals surface area contributed by atoms with Gasteiger partial charge in [-0.1, -0.05) is 170 Å². The lowest BCUT2D eigenvalue weighted by atomic mass is 9.98. The number of rotatable bonds is 7. The van der Waals surface area contributed by atoms with Crippen LogP contribution in [0.2, 0.25) is 0 Å². The van der Waals surface area contributed by atoms with Crippen molar-refractivity contribution in [3.63, 3.8) is 0 Å². The van der Waals surface area contributed by atoms with E-state index in [2.05, 4.69) is 162 Å². The minimum atomic E-state index is 0.559. The lowest BCUT2D eigenvalue weighted by molar-refractivity contribution is 0.669. The number of aromatic nitrogens is 4. The zero-order valence-corrected chi connectivity index (χ0v) is 33.5. The standard InChI is InChI=1S/C57H36N4O/c1-3-15-37(16-4-1)39-19-11-20-40(33-39)43-31-32-47-46-25-7-9-29-51(46)61(52(47)36-43)45-24-13-22-42(35-45)41-21-12-23-44(34-41)56-58-55(38-17-5-2-6-18-38)59-57(60-56)50-28-14-27-49-48-26-8-10-30-53(48)62-54(49)50/h1-36H. The van der Waals surface area contributed by atoms with Crippen LogP contribution < -0.4 is 0 Å². The third-order valence-corrected chi connectivity index (χ3v) is 11.8. The predicted octanol–water partition coefficient (Wildman–Crippen LogP) is 14.9. The fraction of sp³-hybridized carbons (Fsp3) is 0. The number of hydrogen-bond acceptors (Lipinski definition) is 4. The zero-order chi connectivity index (χ0) is 41.0. The number of benzene rings is 9. The summed E-state index contributed by atoms with van der Waals surface area (Å²) >= 11 is 0. The van der Waals surface area contributed by atoms with E-state index >= 15 is 0 Å². The first-order chi connectivity index (χ1) is 30.7. The van der Waals surface area contributed by atoms with Gasteiger partial charge in [0.1, 0.15) is 11.2 Å². The van der Waals surface area contributed by atoms with Gasteiger partial charge in [-0.3, -0.25) is 0 Å². The zero-order valence-electron chi connectivity index (χ0n) is 33.5. The molecule has 0 bridgehead atoms. The first-order valence-electron chi connectivity index (χ1n) is 20.8. The normalized spacial score (nSPS) is 11.5. The molecular formula is C57H36N4O. The van der Waals surface area contributed by atoms with Crippen molar-refractivity contribution >= 4 is 43.7 Å². The van der Waals surface area contributed by atoms with Crippen molar-refractivity contribution in [1.82, 2.24) is 19.5 Å². The molecule has 290 valence electrons. The molecule has 0 amide bonds. The second-order valence-electron chi connectivity index (χ2n) is 15.6. The number of fused-ring (bicyclic) bond motifs is 6. The smallest absolute Gasteiger partial charge is 0.167 e. The summed E-state index contributed by atoms with van der Waals surface area (Å²) in [5.41, 5.74) is 14.5. The number of para-hydroxylation sites is 3. The first kappa shape index (κ1) is 35.5. The average Bonchev–Trinajstić information content (AvgIpc) is 3.90. The Bertz CT molecular complexity index is 3640. The number of hydrogen-bond donors (Lipinski definition) is 0. The summed E-state index contributed by atoms with van der Waals surface area (Å²) in [7, 11) is 0. The molecule has 0 saturated heterocycles. The highest BCUT2D eigenvalue weighted by molar-refractivity contribution is 6.11. The van der Waals surface area contributed by atoms with Crippen LogP contribution in [0.15, 0.2) is 223 Å². The Morgan fingerprint density at radius 1 is 0.306 bits per heavy atom. The van der Waals surface area contributed by atoms with Gasteiger partial charge in [-0.15, -0.1) is 0 Å². The van der Waals surface area contributed by atoms with Crippen LogP contribution in [0, 0.1) is 0 Å². The Hall–Kier alpha value is -8.41. The summed E-state index contributed by atoms with van der Waals surface area (Å²) in [5, 5.41) is 4.53. The molecule has 0 aliphatic heterocycles. The lowest BCUT2D eigenvalue weighted by Crippen LogP contribution is -2.00. The molecule has 0 spiro atoms. The minimum absolute atomic E-state index is 0.559. The van der Waals surface area contributed by atoms with Crippen LogP contribution in [0.3, 0.4) is 0 Å². The maximum absolute atomic E-state index is 6.45. The molecule has 0 radical (unpaired) electrons.